The van der Waals surface area contributed by atoms with Crippen molar-refractivity contribution in [2.75, 3.05) is 6.61 Å². The summed E-state index contributed by atoms with van der Waals surface area (Å²) in [5.41, 5.74) is 5.94. The van der Waals surface area contributed by atoms with E-state index in [2.05, 4.69) is 11.9 Å². The molecule has 0 aliphatic carbocycles. The quantitative estimate of drug-likeness (QED) is 0.331. The molecule has 0 radical (unpaired) electrons. The molecule has 0 saturated heterocycles. The molecule has 0 aromatic heterocycles. The monoisotopic (exact) mass is 352 g/mol. The third kappa shape index (κ3) is 8.89. The normalized spacial score (nSPS) is 11.7. The van der Waals surface area contributed by atoms with Crippen molar-refractivity contribution in [3.8, 4) is 17.9 Å². The molecule has 0 amide bonds. The molecule has 26 heavy (non-hydrogen) atoms. The fourth-order valence-corrected chi connectivity index (χ4v) is 2.43. The Labute approximate surface area is 156 Å². The van der Waals surface area contributed by atoms with Crippen LogP contribution in [-0.2, 0) is 0 Å². The molecule has 1 aromatic carbocycles. The summed E-state index contributed by atoms with van der Waals surface area (Å²) in [7, 11) is 0. The maximum Gasteiger partial charge on any atom is 0.174 e. The van der Waals surface area contributed by atoms with E-state index >= 15 is 0 Å². The Bertz CT molecular complexity index is 663. The lowest BCUT2D eigenvalue weighted by Crippen LogP contribution is -1.98. The van der Waals surface area contributed by atoms with Gasteiger partial charge < -0.3 is 10.5 Å². The number of hydrogen-bond acceptors (Lipinski definition) is 5. The maximum absolute atomic E-state index is 8.89. The third-order valence-electron chi connectivity index (χ3n) is 3.97. The van der Waals surface area contributed by atoms with E-state index in [-0.39, 0.29) is 11.4 Å². The highest BCUT2D eigenvalue weighted by Crippen LogP contribution is 2.13. The highest BCUT2D eigenvalue weighted by Gasteiger charge is 1.99. The molecule has 0 atom stereocenters. The fraction of sp³-hybridized carbons (Fsp3) is 0.476. The van der Waals surface area contributed by atoms with E-state index in [1.807, 2.05) is 24.3 Å². The second kappa shape index (κ2) is 13.5. The summed E-state index contributed by atoms with van der Waals surface area (Å²) in [4.78, 5) is 3.94. The number of hydrogen-bond donors (Lipinski definition) is 1. The van der Waals surface area contributed by atoms with Gasteiger partial charge in [-0.3, -0.25) is 0 Å². The van der Waals surface area contributed by atoms with Gasteiger partial charge in [-0.1, -0.05) is 51.9 Å². The lowest BCUT2D eigenvalue weighted by Gasteiger charge is -2.06. The molecule has 0 fully saturated rings. The molecule has 1 rings (SSSR count). The number of allylic oxidation sites excluding steroid dienone is 2. The van der Waals surface area contributed by atoms with Crippen molar-refractivity contribution < 1.29 is 4.74 Å². The molecule has 0 saturated carbocycles. The second-order valence-corrected chi connectivity index (χ2v) is 6.14. The first-order chi connectivity index (χ1) is 12.7. The topological polar surface area (TPSA) is 95.2 Å². The van der Waals surface area contributed by atoms with Gasteiger partial charge in [0.05, 0.1) is 6.61 Å². The van der Waals surface area contributed by atoms with Crippen LogP contribution in [-0.4, -0.2) is 12.8 Å². The molecule has 5 nitrogen and oxygen atoms in total. The van der Waals surface area contributed by atoms with Crippen LogP contribution in [0.2, 0.25) is 0 Å². The molecule has 0 spiro atoms. The smallest absolute Gasteiger partial charge is 0.174 e. The number of aliphatic imine (C=N–C) groups is 1. The summed E-state index contributed by atoms with van der Waals surface area (Å²) in [6.45, 7) is 2.96. The van der Waals surface area contributed by atoms with E-state index in [0.29, 0.717) is 0 Å². The number of unbranched alkanes of at least 4 members (excludes halogenated alkanes) is 7. The van der Waals surface area contributed by atoms with Crippen LogP contribution >= 0.6 is 0 Å². The molecule has 2 N–H and O–H groups in total. The van der Waals surface area contributed by atoms with E-state index in [1.165, 1.54) is 51.2 Å². The molecule has 0 aliphatic rings. The summed E-state index contributed by atoms with van der Waals surface area (Å²) in [5.74, 6) is 0.817. The van der Waals surface area contributed by atoms with Crippen molar-refractivity contribution in [2.45, 2.75) is 58.3 Å². The van der Waals surface area contributed by atoms with Crippen LogP contribution < -0.4 is 10.5 Å². The number of nitriles is 2. The summed E-state index contributed by atoms with van der Waals surface area (Å²) in [5, 5.41) is 17.6. The maximum atomic E-state index is 8.89. The number of ether oxygens (including phenoxy) is 1. The molecule has 0 unspecified atom stereocenters. The van der Waals surface area contributed by atoms with Gasteiger partial charge in [0.1, 0.15) is 23.6 Å². The summed E-state index contributed by atoms with van der Waals surface area (Å²) >= 11 is 0. The van der Waals surface area contributed by atoms with Crippen LogP contribution in [0.25, 0.3) is 0 Å². The zero-order valence-corrected chi connectivity index (χ0v) is 15.6. The fourth-order valence-electron chi connectivity index (χ4n) is 2.43. The number of nitrogens with two attached hydrogens (primary N) is 1. The van der Waals surface area contributed by atoms with Gasteiger partial charge >= 0.3 is 0 Å². The number of rotatable bonds is 12. The van der Waals surface area contributed by atoms with E-state index in [1.54, 1.807) is 12.1 Å². The molecule has 0 bridgehead atoms. The van der Waals surface area contributed by atoms with Crippen molar-refractivity contribution in [1.82, 2.24) is 0 Å². The number of nitrogens with zero attached hydrogens (tertiary/aromatic N) is 3. The highest BCUT2D eigenvalue weighted by atomic mass is 16.5. The van der Waals surface area contributed by atoms with Gasteiger partial charge in [-0.2, -0.15) is 10.5 Å². The van der Waals surface area contributed by atoms with Crippen molar-refractivity contribution in [1.29, 1.82) is 10.5 Å². The van der Waals surface area contributed by atoms with E-state index in [9.17, 15) is 0 Å². The molecular formula is C21H28N4O. The van der Waals surface area contributed by atoms with Gasteiger partial charge in [0.25, 0.3) is 0 Å². The predicted octanol–water partition coefficient (Wildman–Crippen LogP) is 4.84. The minimum atomic E-state index is -0.186. The summed E-state index contributed by atoms with van der Waals surface area (Å²) in [6, 6.07) is 11.0. The first-order valence-electron chi connectivity index (χ1n) is 9.28. The van der Waals surface area contributed by atoms with Gasteiger partial charge in [0.15, 0.2) is 5.70 Å². The summed E-state index contributed by atoms with van der Waals surface area (Å²) < 4.78 is 5.74. The van der Waals surface area contributed by atoms with Crippen molar-refractivity contribution in [2.24, 2.45) is 10.7 Å². The Morgan fingerprint density at radius 2 is 1.62 bits per heavy atom. The van der Waals surface area contributed by atoms with E-state index < -0.39 is 0 Å². The third-order valence-corrected chi connectivity index (χ3v) is 3.97. The summed E-state index contributed by atoms with van der Waals surface area (Å²) in [6.07, 6.45) is 11.7. The molecular weight excluding hydrogens is 324 g/mol. The van der Waals surface area contributed by atoms with E-state index in [0.717, 1.165) is 24.3 Å². The van der Waals surface area contributed by atoms with Crippen LogP contribution in [0.5, 0.6) is 5.75 Å². The standard InChI is InChI=1S/C21H28N4O/c1-2-3-4-5-6-7-8-9-14-26-19-12-10-18(11-13-19)17-25-21(16-23)20(24)15-22/h10-13,17H,2-9,14,24H2,1H3/b21-20-,25-17?. The molecule has 1 aromatic rings. The Morgan fingerprint density at radius 1 is 1.00 bits per heavy atom. The van der Waals surface area contributed by atoms with Crippen LogP contribution in [0.1, 0.15) is 63.9 Å². The zero-order chi connectivity index (χ0) is 19.0. The minimum absolute atomic E-state index is 0.0810. The van der Waals surface area contributed by atoms with Gasteiger partial charge in [-0.25, -0.2) is 4.99 Å². The highest BCUT2D eigenvalue weighted by molar-refractivity contribution is 5.81. The van der Waals surface area contributed by atoms with Gasteiger partial charge in [0.2, 0.25) is 0 Å². The van der Waals surface area contributed by atoms with Crippen LogP contribution in [0.15, 0.2) is 40.7 Å². The van der Waals surface area contributed by atoms with Gasteiger partial charge in [0, 0.05) is 6.21 Å². The van der Waals surface area contributed by atoms with Crippen molar-refractivity contribution >= 4 is 6.21 Å². The Balaban J connectivity index is 2.29. The zero-order valence-electron chi connectivity index (χ0n) is 15.6. The lowest BCUT2D eigenvalue weighted by atomic mass is 10.1. The van der Waals surface area contributed by atoms with E-state index in [4.69, 9.17) is 21.0 Å². The molecule has 138 valence electrons. The van der Waals surface area contributed by atoms with Gasteiger partial charge in [-0.05, 0) is 36.2 Å². The van der Waals surface area contributed by atoms with Crippen LogP contribution in [0.4, 0.5) is 0 Å². The van der Waals surface area contributed by atoms with Crippen LogP contribution in [0.3, 0.4) is 0 Å². The predicted molar refractivity (Wildman–Crippen MR) is 105 cm³/mol. The largest absolute Gasteiger partial charge is 0.494 e. The first-order valence-corrected chi connectivity index (χ1v) is 9.28. The van der Waals surface area contributed by atoms with Crippen LogP contribution in [0, 0.1) is 22.7 Å². The lowest BCUT2D eigenvalue weighted by molar-refractivity contribution is 0.304. The molecule has 0 heterocycles. The Morgan fingerprint density at radius 3 is 2.19 bits per heavy atom. The minimum Gasteiger partial charge on any atom is -0.494 e. The average Bonchev–Trinajstić information content (AvgIpc) is 2.68. The van der Waals surface area contributed by atoms with Gasteiger partial charge in [-0.15, -0.1) is 0 Å². The Kier molecular flexibility index (Phi) is 11.0. The SMILES string of the molecule is CCCCCCCCCCOc1ccc(C=N/C(C#N)=C(\N)C#N)cc1. The second-order valence-electron chi connectivity index (χ2n) is 6.14. The molecule has 0 aliphatic heterocycles. The van der Waals surface area contributed by atoms with Crippen molar-refractivity contribution in [3.05, 3.63) is 41.2 Å². The average molecular weight is 352 g/mol. The first kappa shape index (κ1) is 21.3. The number of benzene rings is 1. The Hall–Kier alpha value is -2.79. The molecule has 5 heteroatoms. The van der Waals surface area contributed by atoms with Crippen molar-refractivity contribution in [3.63, 3.8) is 0 Å².